The van der Waals surface area contributed by atoms with Crippen LogP contribution in [0.1, 0.15) is 36.8 Å². The van der Waals surface area contributed by atoms with Crippen molar-refractivity contribution in [2.75, 3.05) is 0 Å². The second kappa shape index (κ2) is 4.92. The fourth-order valence-electron chi connectivity index (χ4n) is 2.63. The van der Waals surface area contributed by atoms with Crippen LogP contribution in [-0.4, -0.2) is 16.9 Å². The van der Waals surface area contributed by atoms with Gasteiger partial charge >= 0.3 is 5.97 Å². The molecule has 0 aliphatic heterocycles. The summed E-state index contributed by atoms with van der Waals surface area (Å²) in [4.78, 5) is 23.6. The highest BCUT2D eigenvalue weighted by Crippen LogP contribution is 2.36. The van der Waals surface area contributed by atoms with E-state index in [1.54, 1.807) is 0 Å². The molecule has 1 aromatic rings. The maximum absolute atomic E-state index is 12.0. The SMILES string of the molecule is Cc1ccc(CC2(C(=O)O)CCCCC2=O)cc1. The van der Waals surface area contributed by atoms with Crippen LogP contribution in [0.25, 0.3) is 0 Å². The van der Waals surface area contributed by atoms with Gasteiger partial charge in [0.25, 0.3) is 0 Å². The normalized spacial score (nSPS) is 23.9. The predicted octanol–water partition coefficient (Wildman–Crippen LogP) is 2.75. The van der Waals surface area contributed by atoms with Gasteiger partial charge in [-0.1, -0.05) is 36.2 Å². The molecule has 0 saturated heterocycles. The van der Waals surface area contributed by atoms with Crippen molar-refractivity contribution >= 4 is 11.8 Å². The zero-order valence-electron chi connectivity index (χ0n) is 10.6. The van der Waals surface area contributed by atoms with Gasteiger partial charge < -0.3 is 5.11 Å². The second-order valence-electron chi connectivity index (χ2n) is 5.18. The van der Waals surface area contributed by atoms with Crippen LogP contribution >= 0.6 is 0 Å². The first-order chi connectivity index (χ1) is 8.54. The Hall–Kier alpha value is -1.64. The molecular weight excluding hydrogens is 228 g/mol. The van der Waals surface area contributed by atoms with Crippen LogP contribution in [0.2, 0.25) is 0 Å². The maximum atomic E-state index is 12.0. The number of benzene rings is 1. The summed E-state index contributed by atoms with van der Waals surface area (Å²) in [7, 11) is 0. The first kappa shape index (κ1) is 12.8. The Morgan fingerprint density at radius 1 is 1.28 bits per heavy atom. The van der Waals surface area contributed by atoms with E-state index in [0.29, 0.717) is 19.3 Å². The number of carboxylic acids is 1. The number of carboxylic acid groups (broad SMARTS) is 1. The molecule has 18 heavy (non-hydrogen) atoms. The maximum Gasteiger partial charge on any atom is 0.317 e. The van der Waals surface area contributed by atoms with Crippen LogP contribution in [0.5, 0.6) is 0 Å². The van der Waals surface area contributed by atoms with Gasteiger partial charge in [-0.3, -0.25) is 9.59 Å². The Morgan fingerprint density at radius 2 is 1.94 bits per heavy atom. The lowest BCUT2D eigenvalue weighted by Gasteiger charge is -2.31. The third-order valence-electron chi connectivity index (χ3n) is 3.83. The number of aryl methyl sites for hydroxylation is 1. The molecule has 1 saturated carbocycles. The molecule has 1 atom stereocenters. The Labute approximate surface area is 107 Å². The molecule has 1 unspecified atom stereocenters. The van der Waals surface area contributed by atoms with E-state index in [9.17, 15) is 14.7 Å². The second-order valence-corrected chi connectivity index (χ2v) is 5.18. The minimum absolute atomic E-state index is 0.109. The minimum atomic E-state index is -1.19. The number of carbonyl (C=O) groups is 2. The smallest absolute Gasteiger partial charge is 0.317 e. The summed E-state index contributed by atoms with van der Waals surface area (Å²) in [6, 6.07) is 7.75. The summed E-state index contributed by atoms with van der Waals surface area (Å²) < 4.78 is 0. The van der Waals surface area contributed by atoms with Crippen molar-refractivity contribution < 1.29 is 14.7 Å². The molecule has 96 valence electrons. The van der Waals surface area contributed by atoms with Crippen LogP contribution in [-0.2, 0) is 16.0 Å². The summed E-state index contributed by atoms with van der Waals surface area (Å²) >= 11 is 0. The number of Topliss-reactive ketones (excluding diaryl/α,β-unsaturated/α-hetero) is 1. The molecule has 1 fully saturated rings. The van der Waals surface area contributed by atoms with E-state index >= 15 is 0 Å². The van der Waals surface area contributed by atoms with E-state index in [0.717, 1.165) is 24.0 Å². The third kappa shape index (κ3) is 2.30. The van der Waals surface area contributed by atoms with Gasteiger partial charge in [-0.15, -0.1) is 0 Å². The Bertz CT molecular complexity index is 461. The molecule has 1 N–H and O–H groups in total. The van der Waals surface area contributed by atoms with Crippen molar-refractivity contribution in [1.29, 1.82) is 0 Å². The van der Waals surface area contributed by atoms with Crippen molar-refractivity contribution in [2.24, 2.45) is 5.41 Å². The molecule has 0 heterocycles. The molecule has 2 rings (SSSR count). The van der Waals surface area contributed by atoms with Crippen LogP contribution in [0.15, 0.2) is 24.3 Å². The van der Waals surface area contributed by atoms with Crippen LogP contribution in [0.3, 0.4) is 0 Å². The minimum Gasteiger partial charge on any atom is -0.480 e. The Morgan fingerprint density at radius 3 is 2.50 bits per heavy atom. The van der Waals surface area contributed by atoms with Gasteiger partial charge in [-0.2, -0.15) is 0 Å². The van der Waals surface area contributed by atoms with Crippen LogP contribution in [0, 0.1) is 12.3 Å². The zero-order chi connectivity index (χ0) is 13.2. The Kier molecular flexibility index (Phi) is 3.50. The summed E-state index contributed by atoms with van der Waals surface area (Å²) in [5, 5.41) is 9.45. The highest BCUT2D eigenvalue weighted by molar-refractivity contribution is 6.03. The Balaban J connectivity index is 2.28. The number of aliphatic carboxylic acids is 1. The van der Waals surface area contributed by atoms with Gasteiger partial charge in [-0.25, -0.2) is 0 Å². The number of carbonyl (C=O) groups excluding carboxylic acids is 1. The molecule has 0 radical (unpaired) electrons. The van der Waals surface area contributed by atoms with Crippen molar-refractivity contribution in [2.45, 2.75) is 39.0 Å². The van der Waals surface area contributed by atoms with Crippen molar-refractivity contribution in [3.05, 3.63) is 35.4 Å². The lowest BCUT2D eigenvalue weighted by Crippen LogP contribution is -2.43. The van der Waals surface area contributed by atoms with E-state index in [-0.39, 0.29) is 5.78 Å². The average Bonchev–Trinajstić information content (AvgIpc) is 2.35. The van der Waals surface area contributed by atoms with E-state index in [2.05, 4.69) is 0 Å². The van der Waals surface area contributed by atoms with Gasteiger partial charge in [0.2, 0.25) is 0 Å². The lowest BCUT2D eigenvalue weighted by molar-refractivity contribution is -0.157. The summed E-state index contributed by atoms with van der Waals surface area (Å²) in [6.07, 6.45) is 2.83. The lowest BCUT2D eigenvalue weighted by atomic mass is 9.69. The molecular formula is C15H18O3. The van der Waals surface area contributed by atoms with Gasteiger partial charge in [0.1, 0.15) is 5.41 Å². The largest absolute Gasteiger partial charge is 0.480 e. The van der Waals surface area contributed by atoms with E-state index in [4.69, 9.17) is 0 Å². The molecule has 1 aliphatic carbocycles. The molecule has 3 heteroatoms. The number of hydrogen-bond donors (Lipinski definition) is 1. The van der Waals surface area contributed by atoms with Crippen molar-refractivity contribution in [1.82, 2.24) is 0 Å². The predicted molar refractivity (Wildman–Crippen MR) is 68.4 cm³/mol. The van der Waals surface area contributed by atoms with Gasteiger partial charge in [0.05, 0.1) is 0 Å². The number of hydrogen-bond acceptors (Lipinski definition) is 2. The molecule has 0 bridgehead atoms. The highest BCUT2D eigenvalue weighted by atomic mass is 16.4. The third-order valence-corrected chi connectivity index (χ3v) is 3.83. The van der Waals surface area contributed by atoms with Crippen molar-refractivity contribution in [3.63, 3.8) is 0 Å². The molecule has 0 aromatic heterocycles. The topological polar surface area (TPSA) is 54.4 Å². The van der Waals surface area contributed by atoms with Gasteiger partial charge in [-0.05, 0) is 31.7 Å². The standard InChI is InChI=1S/C15H18O3/c1-11-5-7-12(8-6-11)10-15(14(17)18)9-3-2-4-13(15)16/h5-8H,2-4,9-10H2,1H3,(H,17,18). The first-order valence-corrected chi connectivity index (χ1v) is 6.37. The summed E-state index contributed by atoms with van der Waals surface area (Å²) in [5.74, 6) is -1.07. The molecule has 0 amide bonds. The molecule has 1 aliphatic rings. The average molecular weight is 246 g/mol. The number of ketones is 1. The fourth-order valence-corrected chi connectivity index (χ4v) is 2.63. The molecule has 3 nitrogen and oxygen atoms in total. The summed E-state index contributed by atoms with van der Waals surface area (Å²) in [5.41, 5.74) is 0.879. The molecule has 0 spiro atoms. The molecule has 1 aromatic carbocycles. The first-order valence-electron chi connectivity index (χ1n) is 6.37. The van der Waals surface area contributed by atoms with E-state index in [1.165, 1.54) is 0 Å². The fraction of sp³-hybridized carbons (Fsp3) is 0.467. The van der Waals surface area contributed by atoms with Crippen LogP contribution in [0.4, 0.5) is 0 Å². The monoisotopic (exact) mass is 246 g/mol. The van der Waals surface area contributed by atoms with E-state index < -0.39 is 11.4 Å². The quantitative estimate of drug-likeness (QED) is 0.834. The summed E-state index contributed by atoms with van der Waals surface area (Å²) in [6.45, 7) is 1.99. The zero-order valence-corrected chi connectivity index (χ0v) is 10.6. The highest BCUT2D eigenvalue weighted by Gasteiger charge is 2.46. The number of rotatable bonds is 3. The van der Waals surface area contributed by atoms with Crippen LogP contribution < -0.4 is 0 Å². The van der Waals surface area contributed by atoms with E-state index in [1.807, 2.05) is 31.2 Å². The van der Waals surface area contributed by atoms with Gasteiger partial charge in [0, 0.05) is 6.42 Å². The van der Waals surface area contributed by atoms with Crippen molar-refractivity contribution in [3.8, 4) is 0 Å². The van der Waals surface area contributed by atoms with Gasteiger partial charge in [0.15, 0.2) is 5.78 Å².